The number of nitrogens with zero attached hydrogens (tertiary/aromatic N) is 1. The number of fused-ring (bicyclic) bond motifs is 1. The van der Waals surface area contributed by atoms with Crippen molar-refractivity contribution in [3.05, 3.63) is 69.6 Å². The Bertz CT molecular complexity index is 928. The maximum atomic E-state index is 13.7. The van der Waals surface area contributed by atoms with Crippen molar-refractivity contribution in [3.8, 4) is 5.75 Å². The number of ether oxygens (including phenoxy) is 1. The molecule has 3 nitrogen and oxygen atoms in total. The molecule has 0 unspecified atom stereocenters. The second-order valence-electron chi connectivity index (χ2n) is 4.89. The molecule has 0 radical (unpaired) electrons. The number of pyridine rings is 1. The zero-order valence-electron chi connectivity index (χ0n) is 11.9. The van der Waals surface area contributed by atoms with Crippen LogP contribution in [0, 0.1) is 12.7 Å². The van der Waals surface area contributed by atoms with Gasteiger partial charge in [-0.05, 0) is 37.3 Å². The van der Waals surface area contributed by atoms with Crippen LogP contribution in [0.15, 0.2) is 42.5 Å². The molecule has 0 fully saturated rings. The van der Waals surface area contributed by atoms with E-state index in [4.69, 9.17) is 27.9 Å². The van der Waals surface area contributed by atoms with Gasteiger partial charge in [0.25, 0.3) is 0 Å². The number of hydrogen-bond acceptors (Lipinski definition) is 3. The average molecular weight is 350 g/mol. The van der Waals surface area contributed by atoms with Crippen LogP contribution in [0.2, 0.25) is 10.0 Å². The molecule has 0 amide bonds. The van der Waals surface area contributed by atoms with Gasteiger partial charge in [0.2, 0.25) is 0 Å². The molecule has 0 aliphatic heterocycles. The number of benzene rings is 2. The lowest BCUT2D eigenvalue weighted by atomic mass is 10.2. The summed E-state index contributed by atoms with van der Waals surface area (Å²) in [5.41, 5.74) is 0.880. The summed E-state index contributed by atoms with van der Waals surface area (Å²) in [4.78, 5) is 16.5. The molecule has 116 valence electrons. The first kappa shape index (κ1) is 15.7. The van der Waals surface area contributed by atoms with Crippen LogP contribution in [0.1, 0.15) is 16.1 Å². The number of rotatable bonds is 2. The number of aromatic nitrogens is 1. The van der Waals surface area contributed by atoms with E-state index >= 15 is 0 Å². The van der Waals surface area contributed by atoms with Gasteiger partial charge >= 0.3 is 5.97 Å². The molecule has 2 aromatic carbocycles. The summed E-state index contributed by atoms with van der Waals surface area (Å²) in [6.45, 7) is 1.79. The number of hydrogen-bond donors (Lipinski definition) is 0. The third-order valence-electron chi connectivity index (χ3n) is 3.27. The quantitative estimate of drug-likeness (QED) is 0.471. The smallest absolute Gasteiger partial charge is 0.346 e. The largest absolute Gasteiger partial charge is 0.419 e. The van der Waals surface area contributed by atoms with Crippen LogP contribution < -0.4 is 4.74 Å². The van der Waals surface area contributed by atoms with Gasteiger partial charge in [0.1, 0.15) is 11.3 Å². The van der Waals surface area contributed by atoms with E-state index in [1.54, 1.807) is 25.1 Å². The number of carbonyl (C=O) groups is 1. The van der Waals surface area contributed by atoms with Gasteiger partial charge in [0, 0.05) is 11.1 Å². The number of carbonyl (C=O) groups excluding carboxylic acids is 1. The molecule has 0 spiro atoms. The van der Waals surface area contributed by atoms with Gasteiger partial charge in [0.15, 0.2) is 5.75 Å². The molecular formula is C17H10Cl2FNO2. The van der Waals surface area contributed by atoms with Crippen molar-refractivity contribution in [1.82, 2.24) is 4.98 Å². The van der Waals surface area contributed by atoms with Gasteiger partial charge < -0.3 is 4.74 Å². The van der Waals surface area contributed by atoms with Crippen molar-refractivity contribution in [1.29, 1.82) is 0 Å². The van der Waals surface area contributed by atoms with Gasteiger partial charge in [-0.25, -0.2) is 14.2 Å². The fourth-order valence-electron chi connectivity index (χ4n) is 2.16. The van der Waals surface area contributed by atoms with Crippen molar-refractivity contribution >= 4 is 40.1 Å². The molecule has 3 rings (SSSR count). The van der Waals surface area contributed by atoms with Gasteiger partial charge in [-0.3, -0.25) is 0 Å². The minimum atomic E-state index is -0.850. The topological polar surface area (TPSA) is 39.2 Å². The Labute approximate surface area is 141 Å². The lowest BCUT2D eigenvalue weighted by Gasteiger charge is -2.11. The molecule has 1 heterocycles. The highest BCUT2D eigenvalue weighted by atomic mass is 35.5. The summed E-state index contributed by atoms with van der Waals surface area (Å²) in [7, 11) is 0. The summed E-state index contributed by atoms with van der Waals surface area (Å²) in [5, 5.41) is 1.12. The van der Waals surface area contributed by atoms with Crippen molar-refractivity contribution in [3.63, 3.8) is 0 Å². The zero-order valence-corrected chi connectivity index (χ0v) is 13.5. The second kappa shape index (κ2) is 6.14. The molecule has 23 heavy (non-hydrogen) atoms. The number of aryl methyl sites for hydroxylation is 1. The highest BCUT2D eigenvalue weighted by Gasteiger charge is 2.19. The maximum Gasteiger partial charge on any atom is 0.346 e. The SMILES string of the molecule is Cc1ccc2c(Cl)cc(Cl)c(OC(=O)c3ccccc3F)c2n1. The first-order chi connectivity index (χ1) is 11.0. The third kappa shape index (κ3) is 3.00. The predicted octanol–water partition coefficient (Wildman–Crippen LogP) is 5.21. The summed E-state index contributed by atoms with van der Waals surface area (Å²) >= 11 is 12.3. The van der Waals surface area contributed by atoms with E-state index in [1.165, 1.54) is 24.3 Å². The Balaban J connectivity index is 2.11. The van der Waals surface area contributed by atoms with Crippen molar-refractivity contribution in [2.75, 3.05) is 0 Å². The van der Waals surface area contributed by atoms with Crippen LogP contribution >= 0.6 is 23.2 Å². The minimum absolute atomic E-state index is 0.0584. The average Bonchev–Trinajstić information content (AvgIpc) is 2.51. The third-order valence-corrected chi connectivity index (χ3v) is 3.86. The van der Waals surface area contributed by atoms with Crippen LogP contribution in [0.3, 0.4) is 0 Å². The van der Waals surface area contributed by atoms with Crippen LogP contribution in [0.25, 0.3) is 10.9 Å². The van der Waals surface area contributed by atoms with E-state index in [1.807, 2.05) is 0 Å². The normalized spacial score (nSPS) is 10.8. The molecule has 6 heteroatoms. The molecule has 1 aromatic heterocycles. The van der Waals surface area contributed by atoms with Crippen LogP contribution in [-0.4, -0.2) is 11.0 Å². The van der Waals surface area contributed by atoms with E-state index in [0.29, 0.717) is 21.6 Å². The Morgan fingerprint density at radius 2 is 1.87 bits per heavy atom. The molecule has 3 aromatic rings. The number of halogens is 3. The lowest BCUT2D eigenvalue weighted by Crippen LogP contribution is -2.11. The molecular weight excluding hydrogens is 340 g/mol. The molecule has 0 aliphatic carbocycles. The monoisotopic (exact) mass is 349 g/mol. The fraction of sp³-hybridized carbons (Fsp3) is 0.0588. The Morgan fingerprint density at radius 3 is 2.61 bits per heavy atom. The van der Waals surface area contributed by atoms with E-state index in [0.717, 1.165) is 0 Å². The van der Waals surface area contributed by atoms with Gasteiger partial charge in [-0.1, -0.05) is 35.3 Å². The first-order valence-electron chi connectivity index (χ1n) is 6.69. The van der Waals surface area contributed by atoms with E-state index < -0.39 is 11.8 Å². The van der Waals surface area contributed by atoms with Gasteiger partial charge in [0.05, 0.1) is 15.6 Å². The zero-order chi connectivity index (χ0) is 16.6. The van der Waals surface area contributed by atoms with Gasteiger partial charge in [-0.2, -0.15) is 0 Å². The number of esters is 1. The first-order valence-corrected chi connectivity index (χ1v) is 7.45. The Morgan fingerprint density at radius 1 is 1.13 bits per heavy atom. The molecule has 0 N–H and O–H groups in total. The van der Waals surface area contributed by atoms with E-state index in [2.05, 4.69) is 4.98 Å². The highest BCUT2D eigenvalue weighted by molar-refractivity contribution is 6.39. The van der Waals surface area contributed by atoms with Crippen LogP contribution in [0.4, 0.5) is 4.39 Å². The maximum absolute atomic E-state index is 13.7. The van der Waals surface area contributed by atoms with Crippen molar-refractivity contribution in [2.45, 2.75) is 6.92 Å². The van der Waals surface area contributed by atoms with Crippen molar-refractivity contribution < 1.29 is 13.9 Å². The second-order valence-corrected chi connectivity index (χ2v) is 5.70. The van der Waals surface area contributed by atoms with Crippen LogP contribution in [-0.2, 0) is 0 Å². The molecule has 0 atom stereocenters. The lowest BCUT2D eigenvalue weighted by molar-refractivity contribution is 0.0732. The summed E-state index contributed by atoms with van der Waals surface area (Å²) in [6, 6.07) is 10.6. The predicted molar refractivity (Wildman–Crippen MR) is 87.9 cm³/mol. The van der Waals surface area contributed by atoms with Crippen molar-refractivity contribution in [2.24, 2.45) is 0 Å². The Hall–Kier alpha value is -2.17. The standard InChI is InChI=1S/C17H10Cl2FNO2/c1-9-6-7-10-12(18)8-13(19)16(15(10)21-9)23-17(22)11-4-2-3-5-14(11)20/h2-8H,1H3. The summed E-state index contributed by atoms with van der Waals surface area (Å²) in [6.07, 6.45) is 0. The molecule has 0 bridgehead atoms. The van der Waals surface area contributed by atoms with E-state index in [9.17, 15) is 9.18 Å². The van der Waals surface area contributed by atoms with Crippen LogP contribution in [0.5, 0.6) is 5.75 Å². The van der Waals surface area contributed by atoms with E-state index in [-0.39, 0.29) is 16.3 Å². The fourth-order valence-corrected chi connectivity index (χ4v) is 2.72. The molecule has 0 saturated carbocycles. The highest BCUT2D eigenvalue weighted by Crippen LogP contribution is 2.37. The Kier molecular flexibility index (Phi) is 4.20. The molecule has 0 saturated heterocycles. The van der Waals surface area contributed by atoms with Gasteiger partial charge in [-0.15, -0.1) is 0 Å². The summed E-state index contributed by atoms with van der Waals surface area (Å²) in [5.74, 6) is -1.46. The summed E-state index contributed by atoms with van der Waals surface area (Å²) < 4.78 is 19.0. The minimum Gasteiger partial charge on any atom is -0.419 e. The molecule has 0 aliphatic rings.